The second-order valence-electron chi connectivity index (χ2n) is 3.99. The standard InChI is InChI=1S/C12H7BrCl2O4S2/c13-8-1-4-10(5-2-8)20(16,17)12-7-9(14)3-6-11(12)21(15,18)19/h1-7H. The van der Waals surface area contributed by atoms with E-state index in [1.165, 1.54) is 30.3 Å². The maximum Gasteiger partial charge on any atom is 0.262 e. The lowest BCUT2D eigenvalue weighted by molar-refractivity contribution is 0.588. The highest BCUT2D eigenvalue weighted by molar-refractivity contribution is 9.10. The second kappa shape index (κ2) is 5.89. The first kappa shape index (κ1) is 16.8. The number of benzene rings is 2. The Bertz CT molecular complexity index is 891. The Balaban J connectivity index is 2.76. The molecular formula is C12H7BrCl2O4S2. The third-order valence-electron chi connectivity index (χ3n) is 2.58. The van der Waals surface area contributed by atoms with Crippen LogP contribution in [0.2, 0.25) is 5.02 Å². The van der Waals surface area contributed by atoms with Crippen LogP contribution in [0.25, 0.3) is 0 Å². The van der Waals surface area contributed by atoms with Crippen molar-refractivity contribution in [3.63, 3.8) is 0 Å². The Morgan fingerprint density at radius 3 is 1.95 bits per heavy atom. The first-order valence-electron chi connectivity index (χ1n) is 5.37. The Hall–Kier alpha value is -0.600. The molecule has 0 saturated heterocycles. The molecule has 0 unspecified atom stereocenters. The predicted octanol–water partition coefficient (Wildman–Crippen LogP) is 3.86. The molecule has 0 N–H and O–H groups in total. The van der Waals surface area contributed by atoms with E-state index >= 15 is 0 Å². The lowest BCUT2D eigenvalue weighted by atomic mass is 10.4. The smallest absolute Gasteiger partial charge is 0.218 e. The van der Waals surface area contributed by atoms with E-state index in [0.29, 0.717) is 4.47 Å². The molecule has 0 spiro atoms. The Morgan fingerprint density at radius 1 is 0.857 bits per heavy atom. The van der Waals surface area contributed by atoms with E-state index in [1.807, 2.05) is 0 Å². The van der Waals surface area contributed by atoms with Gasteiger partial charge in [-0.15, -0.1) is 0 Å². The van der Waals surface area contributed by atoms with Crippen molar-refractivity contribution in [2.45, 2.75) is 14.7 Å². The zero-order valence-corrected chi connectivity index (χ0v) is 14.9. The van der Waals surface area contributed by atoms with Gasteiger partial charge in [-0.25, -0.2) is 16.8 Å². The molecule has 21 heavy (non-hydrogen) atoms. The molecule has 2 rings (SSSR count). The van der Waals surface area contributed by atoms with Crippen LogP contribution < -0.4 is 0 Å². The molecule has 112 valence electrons. The van der Waals surface area contributed by atoms with Crippen molar-refractivity contribution in [3.05, 3.63) is 52.0 Å². The SMILES string of the molecule is O=S(=O)(Cl)c1ccc(Cl)cc1S(=O)(=O)c1ccc(Br)cc1. The zero-order valence-electron chi connectivity index (χ0n) is 10.1. The van der Waals surface area contributed by atoms with Crippen molar-refractivity contribution >= 4 is 57.1 Å². The van der Waals surface area contributed by atoms with Crippen LogP contribution in [0.3, 0.4) is 0 Å². The summed E-state index contributed by atoms with van der Waals surface area (Å²) >= 11 is 8.97. The van der Waals surface area contributed by atoms with E-state index < -0.39 is 28.7 Å². The van der Waals surface area contributed by atoms with Crippen LogP contribution in [-0.4, -0.2) is 16.8 Å². The molecule has 0 amide bonds. The average Bonchev–Trinajstić information content (AvgIpc) is 2.37. The largest absolute Gasteiger partial charge is 0.262 e. The average molecular weight is 430 g/mol. The summed E-state index contributed by atoms with van der Waals surface area (Å²) in [5, 5.41) is 0.0924. The van der Waals surface area contributed by atoms with Crippen LogP contribution in [0.5, 0.6) is 0 Å². The number of hydrogen-bond donors (Lipinski definition) is 0. The van der Waals surface area contributed by atoms with E-state index in [1.54, 1.807) is 0 Å². The molecule has 0 aromatic heterocycles. The predicted molar refractivity (Wildman–Crippen MR) is 84.1 cm³/mol. The van der Waals surface area contributed by atoms with Gasteiger partial charge in [0, 0.05) is 20.2 Å². The van der Waals surface area contributed by atoms with Crippen molar-refractivity contribution in [1.82, 2.24) is 0 Å². The monoisotopic (exact) mass is 428 g/mol. The van der Waals surface area contributed by atoms with Gasteiger partial charge in [-0.1, -0.05) is 27.5 Å². The molecule has 0 radical (unpaired) electrons. The highest BCUT2D eigenvalue weighted by Crippen LogP contribution is 2.31. The molecule has 0 fully saturated rings. The molecule has 0 bridgehead atoms. The summed E-state index contributed by atoms with van der Waals surface area (Å²) in [5.41, 5.74) is 0. The van der Waals surface area contributed by atoms with Gasteiger partial charge in [0.25, 0.3) is 9.05 Å². The van der Waals surface area contributed by atoms with E-state index in [9.17, 15) is 16.8 Å². The van der Waals surface area contributed by atoms with Crippen LogP contribution in [-0.2, 0) is 18.9 Å². The number of rotatable bonds is 3. The minimum Gasteiger partial charge on any atom is -0.218 e. The van der Waals surface area contributed by atoms with Crippen molar-refractivity contribution in [3.8, 4) is 0 Å². The van der Waals surface area contributed by atoms with Gasteiger partial charge in [-0.2, -0.15) is 0 Å². The van der Waals surface area contributed by atoms with E-state index in [-0.39, 0.29) is 9.92 Å². The topological polar surface area (TPSA) is 68.3 Å². The lowest BCUT2D eigenvalue weighted by Crippen LogP contribution is -2.07. The van der Waals surface area contributed by atoms with E-state index in [2.05, 4.69) is 15.9 Å². The molecule has 0 aliphatic rings. The summed E-state index contributed by atoms with van der Waals surface area (Å²) in [7, 11) is -2.99. The summed E-state index contributed by atoms with van der Waals surface area (Å²) in [4.78, 5) is -1.02. The zero-order chi connectivity index (χ0) is 15.8. The summed E-state index contributed by atoms with van der Waals surface area (Å²) in [6.07, 6.45) is 0. The van der Waals surface area contributed by atoms with Crippen LogP contribution in [0.15, 0.2) is 61.6 Å². The lowest BCUT2D eigenvalue weighted by Gasteiger charge is -2.09. The van der Waals surface area contributed by atoms with Gasteiger partial charge in [0.05, 0.1) is 9.79 Å². The molecule has 0 atom stereocenters. The van der Waals surface area contributed by atoms with Gasteiger partial charge in [0.2, 0.25) is 9.84 Å². The van der Waals surface area contributed by atoms with Gasteiger partial charge in [-0.05, 0) is 42.5 Å². The summed E-state index contributed by atoms with van der Waals surface area (Å²) in [6, 6.07) is 9.16. The fourth-order valence-corrected chi connectivity index (χ4v) is 5.23. The molecular weight excluding hydrogens is 423 g/mol. The minimum absolute atomic E-state index is 0.0606. The van der Waals surface area contributed by atoms with Crippen molar-refractivity contribution < 1.29 is 16.8 Å². The fourth-order valence-electron chi connectivity index (χ4n) is 1.63. The second-order valence-corrected chi connectivity index (χ2v) is 9.79. The van der Waals surface area contributed by atoms with Gasteiger partial charge in [0.15, 0.2) is 0 Å². The quantitative estimate of drug-likeness (QED) is 0.694. The van der Waals surface area contributed by atoms with Gasteiger partial charge in [-0.3, -0.25) is 0 Å². The summed E-state index contributed by atoms with van der Waals surface area (Å²) in [6.45, 7) is 0. The maximum absolute atomic E-state index is 12.6. The summed E-state index contributed by atoms with van der Waals surface area (Å²) < 4.78 is 48.9. The Labute approximate surface area is 140 Å². The molecule has 0 aliphatic carbocycles. The number of halogens is 3. The normalized spacial score (nSPS) is 12.3. The first-order valence-corrected chi connectivity index (χ1v) is 10.3. The van der Waals surface area contributed by atoms with E-state index in [0.717, 1.165) is 12.1 Å². The minimum atomic E-state index is -4.22. The third-order valence-corrected chi connectivity index (χ3v) is 6.66. The Morgan fingerprint density at radius 2 is 1.43 bits per heavy atom. The van der Waals surface area contributed by atoms with Gasteiger partial charge >= 0.3 is 0 Å². The van der Waals surface area contributed by atoms with E-state index in [4.69, 9.17) is 22.3 Å². The highest BCUT2D eigenvalue weighted by Gasteiger charge is 2.27. The molecule has 2 aromatic rings. The van der Waals surface area contributed by atoms with Crippen LogP contribution in [0.4, 0.5) is 0 Å². The molecule has 0 aliphatic heterocycles. The molecule has 2 aromatic carbocycles. The molecule has 0 heterocycles. The maximum atomic E-state index is 12.6. The molecule has 9 heteroatoms. The summed E-state index contributed by atoms with van der Waals surface area (Å²) in [5.74, 6) is 0. The van der Waals surface area contributed by atoms with Crippen LogP contribution in [0.1, 0.15) is 0 Å². The van der Waals surface area contributed by atoms with Gasteiger partial charge < -0.3 is 0 Å². The molecule has 4 nitrogen and oxygen atoms in total. The van der Waals surface area contributed by atoms with Crippen molar-refractivity contribution in [1.29, 1.82) is 0 Å². The molecule has 0 saturated carbocycles. The fraction of sp³-hybridized carbons (Fsp3) is 0. The van der Waals surface area contributed by atoms with Crippen molar-refractivity contribution in [2.75, 3.05) is 0 Å². The number of hydrogen-bond acceptors (Lipinski definition) is 4. The number of sulfone groups is 1. The van der Waals surface area contributed by atoms with Crippen molar-refractivity contribution in [2.24, 2.45) is 0 Å². The third kappa shape index (κ3) is 3.60. The highest BCUT2D eigenvalue weighted by atomic mass is 79.9. The van der Waals surface area contributed by atoms with Crippen LogP contribution in [0, 0.1) is 0 Å². The van der Waals surface area contributed by atoms with Gasteiger partial charge in [0.1, 0.15) is 4.90 Å². The first-order chi connectivity index (χ1) is 9.62. The Kier molecular flexibility index (Phi) is 4.70. The van der Waals surface area contributed by atoms with Crippen LogP contribution >= 0.6 is 38.2 Å².